The SMILES string of the molecule is Fc1cccc(Cl)c1Cn1ccc2ccc(Br)cc21. The molecule has 0 bridgehead atoms. The minimum atomic E-state index is -0.274. The maximum absolute atomic E-state index is 13.8. The second kappa shape index (κ2) is 4.99. The molecule has 3 rings (SSSR count). The van der Waals surface area contributed by atoms with Gasteiger partial charge in [0.1, 0.15) is 5.82 Å². The molecule has 0 radical (unpaired) electrons. The summed E-state index contributed by atoms with van der Waals surface area (Å²) in [6, 6.07) is 12.8. The van der Waals surface area contributed by atoms with Crippen molar-refractivity contribution in [1.82, 2.24) is 4.57 Å². The summed E-state index contributed by atoms with van der Waals surface area (Å²) in [5.74, 6) is -0.274. The van der Waals surface area contributed by atoms with Gasteiger partial charge in [0.05, 0.1) is 6.54 Å². The van der Waals surface area contributed by atoms with Crippen molar-refractivity contribution in [2.24, 2.45) is 0 Å². The van der Waals surface area contributed by atoms with E-state index in [1.165, 1.54) is 6.07 Å². The Labute approximate surface area is 123 Å². The van der Waals surface area contributed by atoms with E-state index in [-0.39, 0.29) is 5.82 Å². The van der Waals surface area contributed by atoms with Crippen molar-refractivity contribution >= 4 is 38.4 Å². The molecule has 0 aliphatic carbocycles. The highest BCUT2D eigenvalue weighted by Crippen LogP contribution is 2.25. The predicted molar refractivity (Wildman–Crippen MR) is 80.2 cm³/mol. The lowest BCUT2D eigenvalue weighted by Gasteiger charge is -2.09. The second-order valence-electron chi connectivity index (χ2n) is 4.35. The molecule has 0 atom stereocenters. The first-order chi connectivity index (χ1) is 9.15. The average molecular weight is 339 g/mol. The smallest absolute Gasteiger partial charge is 0.129 e. The molecule has 0 spiro atoms. The Morgan fingerprint density at radius 2 is 2.00 bits per heavy atom. The zero-order valence-corrected chi connectivity index (χ0v) is 12.2. The molecule has 2 aromatic carbocycles. The Bertz CT molecular complexity index is 731. The highest BCUT2D eigenvalue weighted by molar-refractivity contribution is 9.10. The van der Waals surface area contributed by atoms with Crippen LogP contribution in [0.3, 0.4) is 0 Å². The number of halogens is 3. The van der Waals surface area contributed by atoms with Gasteiger partial charge in [0, 0.05) is 26.8 Å². The highest BCUT2D eigenvalue weighted by atomic mass is 79.9. The predicted octanol–water partition coefficient (Wildman–Crippen LogP) is 5.24. The van der Waals surface area contributed by atoms with Gasteiger partial charge in [-0.3, -0.25) is 0 Å². The average Bonchev–Trinajstić information content (AvgIpc) is 2.76. The molecular weight excluding hydrogens is 329 g/mol. The first-order valence-corrected chi connectivity index (χ1v) is 6.99. The van der Waals surface area contributed by atoms with E-state index in [1.807, 2.05) is 35.0 Å². The van der Waals surface area contributed by atoms with Crippen LogP contribution in [0, 0.1) is 5.82 Å². The van der Waals surface area contributed by atoms with E-state index in [1.54, 1.807) is 12.1 Å². The van der Waals surface area contributed by atoms with Crippen LogP contribution in [0.4, 0.5) is 4.39 Å². The molecular formula is C15H10BrClFN. The van der Waals surface area contributed by atoms with E-state index in [2.05, 4.69) is 15.9 Å². The molecule has 0 saturated carbocycles. The molecule has 96 valence electrons. The van der Waals surface area contributed by atoms with E-state index in [0.717, 1.165) is 15.4 Å². The number of nitrogens with zero attached hydrogens (tertiary/aromatic N) is 1. The zero-order chi connectivity index (χ0) is 13.4. The quantitative estimate of drug-likeness (QED) is 0.602. The number of hydrogen-bond acceptors (Lipinski definition) is 0. The van der Waals surface area contributed by atoms with Gasteiger partial charge in [-0.05, 0) is 35.7 Å². The van der Waals surface area contributed by atoms with E-state index < -0.39 is 0 Å². The van der Waals surface area contributed by atoms with Crippen molar-refractivity contribution in [2.75, 3.05) is 0 Å². The summed E-state index contributed by atoms with van der Waals surface area (Å²) in [7, 11) is 0. The zero-order valence-electron chi connectivity index (χ0n) is 9.91. The highest BCUT2D eigenvalue weighted by Gasteiger charge is 2.09. The Hall–Kier alpha value is -1.32. The Morgan fingerprint density at radius 3 is 2.79 bits per heavy atom. The van der Waals surface area contributed by atoms with Gasteiger partial charge >= 0.3 is 0 Å². The second-order valence-corrected chi connectivity index (χ2v) is 5.67. The third-order valence-corrected chi connectivity index (χ3v) is 3.97. The molecule has 0 saturated heterocycles. The summed E-state index contributed by atoms with van der Waals surface area (Å²) in [6.07, 6.45) is 1.94. The largest absolute Gasteiger partial charge is 0.343 e. The van der Waals surface area contributed by atoms with Gasteiger partial charge in [0.25, 0.3) is 0 Å². The molecule has 0 fully saturated rings. The fourth-order valence-corrected chi connectivity index (χ4v) is 2.72. The summed E-state index contributed by atoms with van der Waals surface area (Å²) in [6.45, 7) is 0.422. The number of aromatic nitrogens is 1. The van der Waals surface area contributed by atoms with Gasteiger partial charge in [0.15, 0.2) is 0 Å². The minimum Gasteiger partial charge on any atom is -0.343 e. The Balaban J connectivity index is 2.08. The molecule has 0 N–H and O–H groups in total. The standard InChI is InChI=1S/C15H10BrClFN/c16-11-5-4-10-6-7-19(15(10)8-11)9-12-13(17)2-1-3-14(12)18/h1-8H,9H2. The normalized spacial score (nSPS) is 11.1. The van der Waals surface area contributed by atoms with Crippen LogP contribution >= 0.6 is 27.5 Å². The lowest BCUT2D eigenvalue weighted by molar-refractivity contribution is 0.602. The molecule has 19 heavy (non-hydrogen) atoms. The molecule has 1 heterocycles. The van der Waals surface area contributed by atoms with Crippen LogP contribution in [0.1, 0.15) is 5.56 Å². The van der Waals surface area contributed by atoms with Gasteiger partial charge in [0.2, 0.25) is 0 Å². The van der Waals surface area contributed by atoms with E-state index >= 15 is 0 Å². The molecule has 0 aliphatic heterocycles. The van der Waals surface area contributed by atoms with Gasteiger partial charge in [-0.15, -0.1) is 0 Å². The molecule has 3 aromatic rings. The van der Waals surface area contributed by atoms with Crippen LogP contribution in [0.2, 0.25) is 5.02 Å². The lowest BCUT2D eigenvalue weighted by atomic mass is 10.2. The number of fused-ring (bicyclic) bond motifs is 1. The van der Waals surface area contributed by atoms with Gasteiger partial charge in [-0.25, -0.2) is 4.39 Å². The Kier molecular flexibility index (Phi) is 3.33. The maximum Gasteiger partial charge on any atom is 0.129 e. The summed E-state index contributed by atoms with van der Waals surface area (Å²) in [5.41, 5.74) is 1.57. The van der Waals surface area contributed by atoms with Crippen LogP contribution in [0.25, 0.3) is 10.9 Å². The minimum absolute atomic E-state index is 0.274. The van der Waals surface area contributed by atoms with Crippen LogP contribution in [0.15, 0.2) is 53.1 Å². The first kappa shape index (κ1) is 12.7. The summed E-state index contributed by atoms with van der Waals surface area (Å²) >= 11 is 9.52. The van der Waals surface area contributed by atoms with Crippen molar-refractivity contribution in [3.63, 3.8) is 0 Å². The van der Waals surface area contributed by atoms with Crippen LogP contribution < -0.4 is 0 Å². The lowest BCUT2D eigenvalue weighted by Crippen LogP contribution is -2.01. The van der Waals surface area contributed by atoms with Crippen molar-refractivity contribution in [3.05, 3.63) is 69.5 Å². The van der Waals surface area contributed by atoms with Crippen molar-refractivity contribution < 1.29 is 4.39 Å². The van der Waals surface area contributed by atoms with Gasteiger partial charge < -0.3 is 4.57 Å². The number of hydrogen-bond donors (Lipinski definition) is 0. The van der Waals surface area contributed by atoms with E-state index in [4.69, 9.17) is 11.6 Å². The molecule has 0 unspecified atom stereocenters. The maximum atomic E-state index is 13.8. The van der Waals surface area contributed by atoms with Crippen molar-refractivity contribution in [2.45, 2.75) is 6.54 Å². The molecule has 1 nitrogen and oxygen atoms in total. The molecule has 4 heteroatoms. The topological polar surface area (TPSA) is 4.93 Å². The van der Waals surface area contributed by atoms with Crippen LogP contribution in [-0.2, 0) is 6.54 Å². The molecule has 1 aromatic heterocycles. The van der Waals surface area contributed by atoms with Gasteiger partial charge in [-0.2, -0.15) is 0 Å². The number of benzene rings is 2. The van der Waals surface area contributed by atoms with E-state index in [9.17, 15) is 4.39 Å². The fraction of sp³-hybridized carbons (Fsp3) is 0.0667. The number of rotatable bonds is 2. The van der Waals surface area contributed by atoms with Crippen LogP contribution in [-0.4, -0.2) is 4.57 Å². The van der Waals surface area contributed by atoms with Crippen LogP contribution in [0.5, 0.6) is 0 Å². The summed E-state index contributed by atoms with van der Waals surface area (Å²) in [5, 5.41) is 1.58. The molecule has 0 amide bonds. The monoisotopic (exact) mass is 337 g/mol. The molecule has 0 aliphatic rings. The van der Waals surface area contributed by atoms with Crippen molar-refractivity contribution in [1.29, 1.82) is 0 Å². The third-order valence-electron chi connectivity index (χ3n) is 3.13. The van der Waals surface area contributed by atoms with Crippen molar-refractivity contribution in [3.8, 4) is 0 Å². The third kappa shape index (κ3) is 2.40. The fourth-order valence-electron chi connectivity index (χ4n) is 2.15. The summed E-state index contributed by atoms with van der Waals surface area (Å²) in [4.78, 5) is 0. The van der Waals surface area contributed by atoms with E-state index in [0.29, 0.717) is 17.1 Å². The summed E-state index contributed by atoms with van der Waals surface area (Å²) < 4.78 is 16.8. The van der Waals surface area contributed by atoms with Gasteiger partial charge in [-0.1, -0.05) is 39.7 Å². The Morgan fingerprint density at radius 1 is 1.16 bits per heavy atom. The first-order valence-electron chi connectivity index (χ1n) is 5.82.